The van der Waals surface area contributed by atoms with Crippen LogP contribution in [-0.4, -0.2) is 19.5 Å². The zero-order valence-corrected chi connectivity index (χ0v) is 12.8. The summed E-state index contributed by atoms with van der Waals surface area (Å²) < 4.78 is 5.06. The second-order valence-corrected chi connectivity index (χ2v) is 6.16. The van der Waals surface area contributed by atoms with Crippen LogP contribution in [0.5, 0.6) is 0 Å². The molecule has 0 radical (unpaired) electrons. The molecule has 2 heterocycles. The molecule has 2 aromatic heterocycles. The average Bonchev–Trinajstić information content (AvgIpc) is 3.08. The monoisotopic (exact) mass is 323 g/mol. The molecule has 19 heavy (non-hydrogen) atoms. The van der Waals surface area contributed by atoms with Crippen LogP contribution in [-0.2, 0) is 13.6 Å². The van der Waals surface area contributed by atoms with Crippen molar-refractivity contribution in [3.63, 3.8) is 0 Å². The van der Waals surface area contributed by atoms with E-state index >= 15 is 0 Å². The van der Waals surface area contributed by atoms with E-state index in [0.29, 0.717) is 5.92 Å². The molecule has 1 aliphatic rings. The van der Waals surface area contributed by atoms with E-state index in [1.165, 1.54) is 0 Å². The van der Waals surface area contributed by atoms with Crippen LogP contribution < -0.4 is 0 Å². The van der Waals surface area contributed by atoms with Crippen LogP contribution in [0.2, 0.25) is 0 Å². The first-order valence-corrected chi connectivity index (χ1v) is 7.37. The molecule has 1 unspecified atom stereocenters. The molecule has 3 rings (SSSR count). The van der Waals surface area contributed by atoms with Crippen LogP contribution in [0.25, 0.3) is 0 Å². The lowest BCUT2D eigenvalue weighted by molar-refractivity contribution is 0.154. The van der Waals surface area contributed by atoms with Gasteiger partial charge in [0, 0.05) is 19.4 Å². The number of aliphatic hydroxyl groups is 1. The van der Waals surface area contributed by atoms with E-state index in [2.05, 4.69) is 25.6 Å². The van der Waals surface area contributed by atoms with Crippen molar-refractivity contribution in [1.82, 2.24) is 14.3 Å². The summed E-state index contributed by atoms with van der Waals surface area (Å²) in [5.41, 5.74) is 3.17. The van der Waals surface area contributed by atoms with E-state index in [1.807, 2.05) is 37.1 Å². The Morgan fingerprint density at radius 3 is 2.84 bits per heavy atom. The molecule has 1 N–H and O–H groups in total. The molecule has 0 saturated heterocycles. The van der Waals surface area contributed by atoms with E-state index < -0.39 is 0 Å². The summed E-state index contributed by atoms with van der Waals surface area (Å²) in [6, 6.07) is 2.01. The maximum atomic E-state index is 10.1. The Kier molecular flexibility index (Phi) is 3.27. The highest BCUT2D eigenvalue weighted by atomic mass is 79.9. The summed E-state index contributed by atoms with van der Waals surface area (Å²) in [7, 11) is 1.95. The molecule has 102 valence electrons. The zero-order valence-electron chi connectivity index (χ0n) is 11.2. The SMILES string of the molecule is Cc1nn(C)c(Cn2ccc(C(O)C3CC3)c2)c1Br. The number of rotatable bonds is 4. The van der Waals surface area contributed by atoms with Gasteiger partial charge in [0.15, 0.2) is 0 Å². The minimum atomic E-state index is -0.294. The molecule has 2 aromatic rings. The lowest BCUT2D eigenvalue weighted by Crippen LogP contribution is -2.05. The smallest absolute Gasteiger partial charge is 0.0832 e. The van der Waals surface area contributed by atoms with Crippen LogP contribution in [0.4, 0.5) is 0 Å². The first-order chi connectivity index (χ1) is 9.06. The molecular weight excluding hydrogens is 306 g/mol. The lowest BCUT2D eigenvalue weighted by atomic mass is 10.1. The fraction of sp³-hybridized carbons (Fsp3) is 0.500. The summed E-state index contributed by atoms with van der Waals surface area (Å²) in [6.07, 6.45) is 6.07. The molecule has 0 aliphatic heterocycles. The van der Waals surface area contributed by atoms with Gasteiger partial charge in [-0.1, -0.05) is 0 Å². The Morgan fingerprint density at radius 2 is 2.26 bits per heavy atom. The average molecular weight is 324 g/mol. The number of aliphatic hydroxyl groups excluding tert-OH is 1. The van der Waals surface area contributed by atoms with Crippen LogP contribution >= 0.6 is 15.9 Å². The number of nitrogens with zero attached hydrogens (tertiary/aromatic N) is 3. The van der Waals surface area contributed by atoms with Crippen LogP contribution in [0, 0.1) is 12.8 Å². The molecule has 0 spiro atoms. The summed E-state index contributed by atoms with van der Waals surface area (Å²) in [5.74, 6) is 0.474. The second-order valence-electron chi connectivity index (χ2n) is 5.37. The van der Waals surface area contributed by atoms with Gasteiger partial charge in [0.2, 0.25) is 0 Å². The topological polar surface area (TPSA) is 43.0 Å². The van der Waals surface area contributed by atoms with Gasteiger partial charge in [-0.15, -0.1) is 0 Å². The molecule has 5 heteroatoms. The molecule has 0 amide bonds. The molecule has 0 bridgehead atoms. The highest BCUT2D eigenvalue weighted by Crippen LogP contribution is 2.40. The van der Waals surface area contributed by atoms with Crippen molar-refractivity contribution in [2.24, 2.45) is 13.0 Å². The van der Waals surface area contributed by atoms with Gasteiger partial charge in [-0.25, -0.2) is 0 Å². The Labute approximate surface area is 121 Å². The Bertz CT molecular complexity index is 598. The predicted molar refractivity (Wildman–Crippen MR) is 76.9 cm³/mol. The van der Waals surface area contributed by atoms with Gasteiger partial charge in [-0.2, -0.15) is 5.10 Å². The van der Waals surface area contributed by atoms with Crippen molar-refractivity contribution in [3.05, 3.63) is 39.9 Å². The third-order valence-electron chi connectivity index (χ3n) is 3.78. The van der Waals surface area contributed by atoms with E-state index in [0.717, 1.165) is 40.8 Å². The van der Waals surface area contributed by atoms with E-state index in [1.54, 1.807) is 0 Å². The van der Waals surface area contributed by atoms with Crippen molar-refractivity contribution in [2.75, 3.05) is 0 Å². The first kappa shape index (κ1) is 12.9. The molecule has 1 aliphatic carbocycles. The summed E-state index contributed by atoms with van der Waals surface area (Å²) in [5, 5.41) is 14.5. The van der Waals surface area contributed by atoms with Gasteiger partial charge in [0.05, 0.1) is 28.5 Å². The van der Waals surface area contributed by atoms with E-state index in [9.17, 15) is 5.11 Å². The highest BCUT2D eigenvalue weighted by Gasteiger charge is 2.31. The van der Waals surface area contributed by atoms with Gasteiger partial charge in [-0.3, -0.25) is 4.68 Å². The third kappa shape index (κ3) is 2.49. The lowest BCUT2D eigenvalue weighted by Gasteiger charge is -2.07. The first-order valence-electron chi connectivity index (χ1n) is 6.58. The summed E-state index contributed by atoms with van der Waals surface area (Å²) in [6.45, 7) is 2.75. The normalized spacial score (nSPS) is 16.8. The number of hydrogen-bond acceptors (Lipinski definition) is 2. The summed E-state index contributed by atoms with van der Waals surface area (Å²) >= 11 is 3.58. The van der Waals surface area contributed by atoms with Crippen molar-refractivity contribution in [1.29, 1.82) is 0 Å². The number of halogens is 1. The Balaban J connectivity index is 1.79. The molecule has 0 aromatic carbocycles. The van der Waals surface area contributed by atoms with Crippen LogP contribution in [0.3, 0.4) is 0 Å². The molecule has 1 atom stereocenters. The molecule has 1 saturated carbocycles. The fourth-order valence-electron chi connectivity index (χ4n) is 2.44. The van der Waals surface area contributed by atoms with E-state index in [-0.39, 0.29) is 6.10 Å². The number of aromatic nitrogens is 3. The molecule has 4 nitrogen and oxygen atoms in total. The van der Waals surface area contributed by atoms with Crippen molar-refractivity contribution < 1.29 is 5.11 Å². The zero-order chi connectivity index (χ0) is 13.6. The largest absolute Gasteiger partial charge is 0.388 e. The standard InChI is InChI=1S/C14H18BrN3O/c1-9-13(15)12(17(2)16-9)8-18-6-5-11(7-18)14(19)10-3-4-10/h5-7,10,14,19H,3-4,8H2,1-2H3. The maximum Gasteiger partial charge on any atom is 0.0832 e. The van der Waals surface area contributed by atoms with Crippen LogP contribution in [0.15, 0.2) is 22.9 Å². The Morgan fingerprint density at radius 1 is 1.53 bits per heavy atom. The van der Waals surface area contributed by atoms with E-state index in [4.69, 9.17) is 0 Å². The summed E-state index contributed by atoms with van der Waals surface area (Å²) in [4.78, 5) is 0. The highest BCUT2D eigenvalue weighted by molar-refractivity contribution is 9.10. The quantitative estimate of drug-likeness (QED) is 0.940. The van der Waals surface area contributed by atoms with Gasteiger partial charge < -0.3 is 9.67 Å². The number of aryl methyl sites for hydroxylation is 2. The fourth-order valence-corrected chi connectivity index (χ4v) is 2.90. The minimum Gasteiger partial charge on any atom is -0.388 e. The molecule has 1 fully saturated rings. The van der Waals surface area contributed by atoms with Crippen molar-refractivity contribution >= 4 is 15.9 Å². The van der Waals surface area contributed by atoms with Crippen molar-refractivity contribution in [3.8, 4) is 0 Å². The van der Waals surface area contributed by atoms with Gasteiger partial charge in [-0.05, 0) is 53.2 Å². The Hall–Kier alpha value is -1.07. The van der Waals surface area contributed by atoms with Crippen LogP contribution in [0.1, 0.15) is 35.9 Å². The maximum absolute atomic E-state index is 10.1. The minimum absolute atomic E-state index is 0.294. The van der Waals surface area contributed by atoms with Gasteiger partial charge in [0.25, 0.3) is 0 Å². The van der Waals surface area contributed by atoms with Gasteiger partial charge in [0.1, 0.15) is 0 Å². The number of hydrogen-bond donors (Lipinski definition) is 1. The second kappa shape index (κ2) is 4.80. The predicted octanol–water partition coefficient (Wildman–Crippen LogP) is 2.78. The molecular formula is C14H18BrN3O. The van der Waals surface area contributed by atoms with Gasteiger partial charge >= 0.3 is 0 Å². The van der Waals surface area contributed by atoms with Crippen molar-refractivity contribution in [2.45, 2.75) is 32.4 Å². The third-order valence-corrected chi connectivity index (χ3v) is 4.81.